The van der Waals surface area contributed by atoms with Gasteiger partial charge < -0.3 is 15.7 Å². The summed E-state index contributed by atoms with van der Waals surface area (Å²) < 4.78 is 25.6. The van der Waals surface area contributed by atoms with Crippen molar-refractivity contribution in [2.75, 3.05) is 14.1 Å². The van der Waals surface area contributed by atoms with Crippen LogP contribution in [-0.2, 0) is 14.8 Å². The third-order valence-electron chi connectivity index (χ3n) is 4.90. The van der Waals surface area contributed by atoms with Gasteiger partial charge in [0.15, 0.2) is 0 Å². The second-order valence-corrected chi connectivity index (χ2v) is 9.24. The number of carboxylic acids is 1. The highest BCUT2D eigenvalue weighted by molar-refractivity contribution is 7.89. The fourth-order valence-corrected chi connectivity index (χ4v) is 4.10. The zero-order chi connectivity index (χ0) is 20.2. The number of nitrogens with zero attached hydrogens (tertiary/aromatic N) is 1. The van der Waals surface area contributed by atoms with E-state index in [0.29, 0.717) is 31.2 Å². The molecular weight excluding hydrogens is 370 g/mol. The summed E-state index contributed by atoms with van der Waals surface area (Å²) in [7, 11) is -0.602. The van der Waals surface area contributed by atoms with E-state index in [4.69, 9.17) is 5.11 Å². The van der Waals surface area contributed by atoms with Crippen LogP contribution in [0.4, 0.5) is 4.79 Å². The largest absolute Gasteiger partial charge is 0.481 e. The van der Waals surface area contributed by atoms with E-state index in [0.717, 1.165) is 4.31 Å². The van der Waals surface area contributed by atoms with Crippen LogP contribution in [0.15, 0.2) is 29.2 Å². The number of carboxylic acid groups (broad SMARTS) is 1. The second kappa shape index (κ2) is 8.71. The molecule has 0 radical (unpaired) electrons. The summed E-state index contributed by atoms with van der Waals surface area (Å²) in [5.74, 6) is -1.11. The molecule has 1 aliphatic rings. The molecule has 1 aromatic carbocycles. The van der Waals surface area contributed by atoms with Crippen LogP contribution in [0.1, 0.15) is 44.2 Å². The fraction of sp³-hybridized carbons (Fsp3) is 0.556. The first-order valence-electron chi connectivity index (χ1n) is 8.93. The Bertz CT molecular complexity index is 786. The Kier molecular flexibility index (Phi) is 6.83. The maximum Gasteiger partial charge on any atom is 0.315 e. The molecule has 2 amide bonds. The van der Waals surface area contributed by atoms with Crippen LogP contribution in [-0.4, -0.2) is 50.0 Å². The van der Waals surface area contributed by atoms with Gasteiger partial charge in [0, 0.05) is 20.1 Å². The standard InChI is InChI=1S/C18H27N3O5S/c1-12(14-5-4-6-16(11-14)27(25,26)21(2)3)19-18(24)20-15-9-7-13(8-10-15)17(22)23/h4-6,11-13,15H,7-10H2,1-3H3,(H,22,23)(H2,19,20,24). The predicted molar refractivity (Wildman–Crippen MR) is 101 cm³/mol. The van der Waals surface area contributed by atoms with E-state index in [1.54, 1.807) is 25.1 Å². The number of urea groups is 1. The summed E-state index contributed by atoms with van der Waals surface area (Å²) in [6.45, 7) is 1.78. The lowest BCUT2D eigenvalue weighted by molar-refractivity contribution is -0.142. The average Bonchev–Trinajstić information content (AvgIpc) is 2.62. The predicted octanol–water partition coefficient (Wildman–Crippen LogP) is 1.94. The minimum Gasteiger partial charge on any atom is -0.481 e. The fourth-order valence-electron chi connectivity index (χ4n) is 3.15. The highest BCUT2D eigenvalue weighted by atomic mass is 32.2. The molecule has 0 saturated heterocycles. The van der Waals surface area contributed by atoms with Crippen LogP contribution in [0.25, 0.3) is 0 Å². The Hall–Kier alpha value is -2.13. The smallest absolute Gasteiger partial charge is 0.315 e. The van der Waals surface area contributed by atoms with E-state index >= 15 is 0 Å². The molecule has 27 heavy (non-hydrogen) atoms. The molecule has 1 aromatic rings. The van der Waals surface area contributed by atoms with Gasteiger partial charge in [0.25, 0.3) is 0 Å². The van der Waals surface area contributed by atoms with E-state index in [2.05, 4.69) is 10.6 Å². The van der Waals surface area contributed by atoms with Gasteiger partial charge in [0.1, 0.15) is 0 Å². The Morgan fingerprint density at radius 3 is 2.37 bits per heavy atom. The van der Waals surface area contributed by atoms with Crippen LogP contribution in [0, 0.1) is 5.92 Å². The number of hydrogen-bond acceptors (Lipinski definition) is 4. The number of aliphatic carboxylic acids is 1. The molecule has 0 aliphatic heterocycles. The van der Waals surface area contributed by atoms with Crippen molar-refractivity contribution in [3.8, 4) is 0 Å². The molecule has 2 rings (SSSR count). The first-order chi connectivity index (χ1) is 12.6. The molecule has 1 atom stereocenters. The maximum atomic E-state index is 12.3. The van der Waals surface area contributed by atoms with Crippen molar-refractivity contribution in [1.82, 2.24) is 14.9 Å². The highest BCUT2D eigenvalue weighted by Crippen LogP contribution is 2.24. The van der Waals surface area contributed by atoms with Crippen LogP contribution in [0.2, 0.25) is 0 Å². The minimum absolute atomic E-state index is 0.0479. The molecule has 150 valence electrons. The normalized spacial score (nSPS) is 21.5. The van der Waals surface area contributed by atoms with Crippen molar-refractivity contribution in [3.05, 3.63) is 29.8 Å². The zero-order valence-electron chi connectivity index (χ0n) is 15.8. The van der Waals surface area contributed by atoms with Crippen LogP contribution in [0.3, 0.4) is 0 Å². The number of carbonyl (C=O) groups is 2. The van der Waals surface area contributed by atoms with E-state index in [1.807, 2.05) is 0 Å². The van der Waals surface area contributed by atoms with Gasteiger partial charge in [-0.3, -0.25) is 4.79 Å². The van der Waals surface area contributed by atoms with E-state index in [1.165, 1.54) is 20.2 Å². The van der Waals surface area contributed by atoms with Crippen LogP contribution < -0.4 is 10.6 Å². The molecule has 3 N–H and O–H groups in total. The summed E-state index contributed by atoms with van der Waals surface area (Å²) in [6.07, 6.45) is 2.38. The summed E-state index contributed by atoms with van der Waals surface area (Å²) in [6, 6.07) is 5.71. The molecule has 0 spiro atoms. The molecule has 8 nitrogen and oxygen atoms in total. The Labute approximate surface area is 160 Å². The number of benzene rings is 1. The molecule has 1 unspecified atom stereocenters. The molecule has 1 fully saturated rings. The second-order valence-electron chi connectivity index (χ2n) is 7.09. The lowest BCUT2D eigenvalue weighted by Crippen LogP contribution is -2.44. The highest BCUT2D eigenvalue weighted by Gasteiger charge is 2.27. The van der Waals surface area contributed by atoms with Gasteiger partial charge >= 0.3 is 12.0 Å². The lowest BCUT2D eigenvalue weighted by atomic mass is 9.86. The van der Waals surface area contributed by atoms with Gasteiger partial charge in [0.05, 0.1) is 16.9 Å². The number of rotatable bonds is 6. The Morgan fingerprint density at radius 2 is 1.81 bits per heavy atom. The zero-order valence-corrected chi connectivity index (χ0v) is 16.6. The molecule has 0 aromatic heterocycles. The first kappa shape index (κ1) is 21.2. The van der Waals surface area contributed by atoms with Crippen molar-refractivity contribution >= 4 is 22.0 Å². The third kappa shape index (κ3) is 5.43. The first-order valence-corrected chi connectivity index (χ1v) is 10.4. The van der Waals surface area contributed by atoms with E-state index < -0.39 is 16.0 Å². The number of hydrogen-bond donors (Lipinski definition) is 3. The monoisotopic (exact) mass is 397 g/mol. The summed E-state index contributed by atoms with van der Waals surface area (Å²) in [4.78, 5) is 23.4. The summed E-state index contributed by atoms with van der Waals surface area (Å²) >= 11 is 0. The van der Waals surface area contributed by atoms with E-state index in [-0.39, 0.29) is 28.9 Å². The van der Waals surface area contributed by atoms with Crippen molar-refractivity contribution in [1.29, 1.82) is 0 Å². The number of sulfonamides is 1. The molecule has 9 heteroatoms. The lowest BCUT2D eigenvalue weighted by Gasteiger charge is -2.27. The van der Waals surface area contributed by atoms with Crippen molar-refractivity contribution < 1.29 is 23.1 Å². The van der Waals surface area contributed by atoms with Gasteiger partial charge in [-0.05, 0) is 50.3 Å². The third-order valence-corrected chi connectivity index (χ3v) is 6.71. The minimum atomic E-state index is -3.54. The quantitative estimate of drug-likeness (QED) is 0.678. The maximum absolute atomic E-state index is 12.3. The summed E-state index contributed by atoms with van der Waals surface area (Å²) in [5, 5.41) is 14.7. The summed E-state index contributed by atoms with van der Waals surface area (Å²) in [5.41, 5.74) is 0.683. The molecule has 1 aliphatic carbocycles. The Morgan fingerprint density at radius 1 is 1.19 bits per heavy atom. The average molecular weight is 397 g/mol. The molecule has 1 saturated carbocycles. The number of nitrogens with one attached hydrogen (secondary N) is 2. The van der Waals surface area contributed by atoms with Crippen LogP contribution in [0.5, 0.6) is 0 Å². The van der Waals surface area contributed by atoms with Gasteiger partial charge in [-0.1, -0.05) is 12.1 Å². The SMILES string of the molecule is CC(NC(=O)NC1CCC(C(=O)O)CC1)c1cccc(S(=O)(=O)N(C)C)c1. The molecular formula is C18H27N3O5S. The number of amides is 2. The molecule has 0 heterocycles. The van der Waals surface area contributed by atoms with Crippen LogP contribution >= 0.6 is 0 Å². The topological polar surface area (TPSA) is 116 Å². The van der Waals surface area contributed by atoms with Gasteiger partial charge in [-0.15, -0.1) is 0 Å². The van der Waals surface area contributed by atoms with E-state index in [9.17, 15) is 18.0 Å². The van der Waals surface area contributed by atoms with Gasteiger partial charge in [-0.25, -0.2) is 17.5 Å². The number of carbonyl (C=O) groups excluding carboxylic acids is 1. The van der Waals surface area contributed by atoms with Crippen molar-refractivity contribution in [2.24, 2.45) is 5.92 Å². The molecule has 0 bridgehead atoms. The van der Waals surface area contributed by atoms with Crippen molar-refractivity contribution in [2.45, 2.75) is 49.6 Å². The van der Waals surface area contributed by atoms with Crippen molar-refractivity contribution in [3.63, 3.8) is 0 Å². The van der Waals surface area contributed by atoms with Gasteiger partial charge in [0.2, 0.25) is 10.0 Å². The Balaban J connectivity index is 1.94. The van der Waals surface area contributed by atoms with Gasteiger partial charge in [-0.2, -0.15) is 0 Å².